The summed E-state index contributed by atoms with van der Waals surface area (Å²) < 4.78 is 26.7. The molecule has 0 spiro atoms. The highest BCUT2D eigenvalue weighted by Gasteiger charge is 2.32. The Hall–Kier alpha value is -2.87. The van der Waals surface area contributed by atoms with E-state index < -0.39 is 22.0 Å². The smallest absolute Gasteiger partial charge is 0.255 e. The normalized spacial score (nSPS) is 15.4. The van der Waals surface area contributed by atoms with Gasteiger partial charge in [-0.25, -0.2) is 8.42 Å². The van der Waals surface area contributed by atoms with Crippen LogP contribution in [0.3, 0.4) is 0 Å². The van der Waals surface area contributed by atoms with Gasteiger partial charge in [0.25, 0.3) is 5.91 Å². The Labute approximate surface area is 203 Å². The van der Waals surface area contributed by atoms with Crippen molar-refractivity contribution < 1.29 is 18.0 Å². The fourth-order valence-corrected chi connectivity index (χ4v) is 5.57. The minimum Gasteiger partial charge on any atom is -0.339 e. The molecule has 7 nitrogen and oxygen atoms in total. The van der Waals surface area contributed by atoms with Crippen molar-refractivity contribution in [3.63, 3.8) is 0 Å². The lowest BCUT2D eigenvalue weighted by Gasteiger charge is -2.31. The van der Waals surface area contributed by atoms with E-state index in [1.807, 2.05) is 24.8 Å². The van der Waals surface area contributed by atoms with Crippen molar-refractivity contribution in [1.82, 2.24) is 4.90 Å². The van der Waals surface area contributed by atoms with Crippen LogP contribution in [0.1, 0.15) is 60.5 Å². The summed E-state index contributed by atoms with van der Waals surface area (Å²) in [5.41, 5.74) is 3.24. The van der Waals surface area contributed by atoms with Gasteiger partial charge in [0.2, 0.25) is 15.9 Å². The molecule has 2 aromatic rings. The standard InChI is InChI=1S/C26H35N3O4S/c1-5-24(29(34(4,32)33)21-15-14-19(2)20(3)18-21)25(30)27-23-13-9-8-12-22(23)26(31)28-16-10-6-7-11-17-28/h8-9,12-15,18,24H,5-7,10-11,16-17H2,1-4H3,(H,27,30)/t24-/m1/s1. The molecule has 0 unspecified atom stereocenters. The van der Waals surface area contributed by atoms with E-state index in [9.17, 15) is 18.0 Å². The molecule has 0 bridgehead atoms. The van der Waals surface area contributed by atoms with Crippen LogP contribution >= 0.6 is 0 Å². The van der Waals surface area contributed by atoms with Crippen LogP contribution in [-0.4, -0.2) is 50.5 Å². The minimum absolute atomic E-state index is 0.111. The molecule has 1 aliphatic heterocycles. The average Bonchev–Trinajstić information content (AvgIpc) is 3.08. The second-order valence-electron chi connectivity index (χ2n) is 8.99. The van der Waals surface area contributed by atoms with E-state index in [2.05, 4.69) is 5.32 Å². The Morgan fingerprint density at radius 1 is 1.00 bits per heavy atom. The van der Waals surface area contributed by atoms with Crippen molar-refractivity contribution in [3.8, 4) is 0 Å². The van der Waals surface area contributed by atoms with Crippen molar-refractivity contribution in [1.29, 1.82) is 0 Å². The Bertz CT molecular complexity index is 1140. The van der Waals surface area contributed by atoms with Crippen LogP contribution in [-0.2, 0) is 14.8 Å². The van der Waals surface area contributed by atoms with E-state index in [-0.39, 0.29) is 12.3 Å². The SMILES string of the molecule is CC[C@H](C(=O)Nc1ccccc1C(=O)N1CCCCCC1)N(c1ccc(C)c(C)c1)S(C)(=O)=O. The van der Waals surface area contributed by atoms with Crippen molar-refractivity contribution >= 4 is 33.2 Å². The summed E-state index contributed by atoms with van der Waals surface area (Å²) in [7, 11) is -3.75. The van der Waals surface area contributed by atoms with Crippen LogP contribution < -0.4 is 9.62 Å². The molecule has 1 N–H and O–H groups in total. The van der Waals surface area contributed by atoms with E-state index in [1.165, 1.54) is 4.31 Å². The molecule has 2 aromatic carbocycles. The molecule has 0 saturated carbocycles. The number of likely N-dealkylation sites (tertiary alicyclic amines) is 1. The fraction of sp³-hybridized carbons (Fsp3) is 0.462. The van der Waals surface area contributed by atoms with E-state index in [1.54, 1.807) is 43.3 Å². The van der Waals surface area contributed by atoms with Gasteiger partial charge >= 0.3 is 0 Å². The zero-order valence-corrected chi connectivity index (χ0v) is 21.3. The van der Waals surface area contributed by atoms with Gasteiger partial charge in [-0.2, -0.15) is 0 Å². The number of benzene rings is 2. The molecule has 8 heteroatoms. The molecule has 2 amide bonds. The lowest BCUT2D eigenvalue weighted by atomic mass is 10.1. The van der Waals surface area contributed by atoms with Gasteiger partial charge in [-0.05, 0) is 68.5 Å². The van der Waals surface area contributed by atoms with Crippen molar-refractivity contribution in [2.24, 2.45) is 0 Å². The van der Waals surface area contributed by atoms with Crippen LogP contribution in [0.15, 0.2) is 42.5 Å². The molecule has 34 heavy (non-hydrogen) atoms. The molecule has 0 aromatic heterocycles. The summed E-state index contributed by atoms with van der Waals surface area (Å²) in [5.74, 6) is -0.581. The number of nitrogens with one attached hydrogen (secondary N) is 1. The Morgan fingerprint density at radius 2 is 1.65 bits per heavy atom. The third-order valence-electron chi connectivity index (χ3n) is 6.38. The number of sulfonamides is 1. The summed E-state index contributed by atoms with van der Waals surface area (Å²) in [5, 5.41) is 2.85. The van der Waals surface area contributed by atoms with Gasteiger partial charge in [0.05, 0.1) is 23.2 Å². The molecule has 1 atom stereocenters. The zero-order chi connectivity index (χ0) is 24.9. The predicted molar refractivity (Wildman–Crippen MR) is 137 cm³/mol. The number of nitrogens with zero attached hydrogens (tertiary/aromatic N) is 2. The fourth-order valence-electron chi connectivity index (χ4n) is 4.36. The van der Waals surface area contributed by atoms with E-state index in [4.69, 9.17) is 0 Å². The number of amides is 2. The number of carbonyl (C=O) groups excluding carboxylic acids is 2. The minimum atomic E-state index is -3.75. The van der Waals surface area contributed by atoms with E-state index >= 15 is 0 Å². The highest BCUT2D eigenvalue weighted by atomic mass is 32.2. The van der Waals surface area contributed by atoms with Gasteiger partial charge in [-0.15, -0.1) is 0 Å². The predicted octanol–water partition coefficient (Wildman–Crippen LogP) is 4.50. The topological polar surface area (TPSA) is 86.8 Å². The Balaban J connectivity index is 1.91. The Morgan fingerprint density at radius 3 is 2.24 bits per heavy atom. The van der Waals surface area contributed by atoms with Gasteiger partial charge in [-0.1, -0.05) is 38.0 Å². The summed E-state index contributed by atoms with van der Waals surface area (Å²) in [4.78, 5) is 28.5. The third-order valence-corrected chi connectivity index (χ3v) is 7.56. The molecule has 1 aliphatic rings. The molecule has 3 rings (SSSR count). The summed E-state index contributed by atoms with van der Waals surface area (Å²) in [6, 6.07) is 11.3. The molecule has 1 fully saturated rings. The number of para-hydroxylation sites is 1. The molecule has 184 valence electrons. The van der Waals surface area contributed by atoms with Crippen LogP contribution in [0.5, 0.6) is 0 Å². The summed E-state index contributed by atoms with van der Waals surface area (Å²) in [6.45, 7) is 7.04. The maximum absolute atomic E-state index is 13.4. The average molecular weight is 486 g/mol. The third kappa shape index (κ3) is 5.97. The second kappa shape index (κ2) is 11.0. The first-order chi connectivity index (χ1) is 16.1. The first-order valence-electron chi connectivity index (χ1n) is 11.9. The maximum atomic E-state index is 13.4. The maximum Gasteiger partial charge on any atom is 0.255 e. The van der Waals surface area contributed by atoms with Crippen LogP contribution in [0.2, 0.25) is 0 Å². The van der Waals surface area contributed by atoms with Crippen molar-refractivity contribution in [2.75, 3.05) is 29.0 Å². The van der Waals surface area contributed by atoms with Gasteiger partial charge in [0.1, 0.15) is 6.04 Å². The monoisotopic (exact) mass is 485 g/mol. The van der Waals surface area contributed by atoms with Crippen molar-refractivity contribution in [3.05, 3.63) is 59.2 Å². The van der Waals surface area contributed by atoms with E-state index in [0.29, 0.717) is 30.0 Å². The van der Waals surface area contributed by atoms with Gasteiger partial charge in [-0.3, -0.25) is 13.9 Å². The van der Waals surface area contributed by atoms with Crippen LogP contribution in [0.4, 0.5) is 11.4 Å². The molecule has 0 aliphatic carbocycles. The number of hydrogen-bond donors (Lipinski definition) is 1. The van der Waals surface area contributed by atoms with Crippen LogP contribution in [0.25, 0.3) is 0 Å². The molecule has 1 heterocycles. The highest BCUT2D eigenvalue weighted by Crippen LogP contribution is 2.27. The Kier molecular flexibility index (Phi) is 8.36. The second-order valence-corrected chi connectivity index (χ2v) is 10.9. The zero-order valence-electron chi connectivity index (χ0n) is 20.5. The first-order valence-corrected chi connectivity index (χ1v) is 13.7. The highest BCUT2D eigenvalue weighted by molar-refractivity contribution is 7.92. The number of anilines is 2. The van der Waals surface area contributed by atoms with Crippen LogP contribution in [0, 0.1) is 13.8 Å². The quantitative estimate of drug-likeness (QED) is 0.625. The number of rotatable bonds is 7. The lowest BCUT2D eigenvalue weighted by molar-refractivity contribution is -0.117. The molecule has 1 saturated heterocycles. The number of carbonyl (C=O) groups is 2. The molecular weight excluding hydrogens is 450 g/mol. The van der Waals surface area contributed by atoms with Crippen molar-refractivity contribution in [2.45, 2.75) is 58.9 Å². The largest absolute Gasteiger partial charge is 0.339 e. The summed E-state index contributed by atoms with van der Waals surface area (Å²) in [6.07, 6.45) is 5.54. The van der Waals surface area contributed by atoms with Gasteiger partial charge in [0.15, 0.2) is 0 Å². The van der Waals surface area contributed by atoms with Gasteiger partial charge in [0, 0.05) is 13.1 Å². The van der Waals surface area contributed by atoms with E-state index in [0.717, 1.165) is 43.1 Å². The molecule has 0 radical (unpaired) electrons. The number of aryl methyl sites for hydroxylation is 2. The first kappa shape index (κ1) is 25.7. The van der Waals surface area contributed by atoms with Gasteiger partial charge < -0.3 is 10.2 Å². The lowest BCUT2D eigenvalue weighted by Crippen LogP contribution is -2.47. The molecular formula is C26H35N3O4S. The number of hydrogen-bond acceptors (Lipinski definition) is 4. The summed E-state index contributed by atoms with van der Waals surface area (Å²) >= 11 is 0.